The predicted molar refractivity (Wildman–Crippen MR) is 78.6 cm³/mol. The molecule has 1 aliphatic heterocycles. The van der Waals surface area contributed by atoms with E-state index in [4.69, 9.17) is 4.74 Å². The van der Waals surface area contributed by atoms with Crippen molar-refractivity contribution in [3.63, 3.8) is 0 Å². The second-order valence-corrected chi connectivity index (χ2v) is 5.14. The highest BCUT2D eigenvalue weighted by molar-refractivity contribution is 5.70. The number of benzene rings is 2. The molecule has 1 heterocycles. The number of fused-ring (bicyclic) bond motifs is 1. The van der Waals surface area contributed by atoms with Gasteiger partial charge in [0.25, 0.3) is 0 Å². The van der Waals surface area contributed by atoms with Gasteiger partial charge in [-0.1, -0.05) is 37.3 Å². The largest absolute Gasteiger partial charge is 0.497 e. The molecule has 0 aliphatic carbocycles. The van der Waals surface area contributed by atoms with Crippen LogP contribution in [0.15, 0.2) is 42.5 Å². The highest BCUT2D eigenvalue weighted by Gasteiger charge is 2.19. The fourth-order valence-electron chi connectivity index (χ4n) is 2.90. The Hall–Kier alpha value is -1.80. The molecular formula is C17H19NO. The number of rotatable bonds is 2. The van der Waals surface area contributed by atoms with Gasteiger partial charge < -0.3 is 10.1 Å². The minimum Gasteiger partial charge on any atom is -0.497 e. The molecule has 2 nitrogen and oxygen atoms in total. The molecule has 1 unspecified atom stereocenters. The monoisotopic (exact) mass is 253 g/mol. The first kappa shape index (κ1) is 12.2. The van der Waals surface area contributed by atoms with Gasteiger partial charge in [-0.25, -0.2) is 0 Å². The molecule has 98 valence electrons. The lowest BCUT2D eigenvalue weighted by Gasteiger charge is -2.26. The van der Waals surface area contributed by atoms with Crippen molar-refractivity contribution in [2.24, 2.45) is 0 Å². The van der Waals surface area contributed by atoms with E-state index in [1.54, 1.807) is 7.11 Å². The Kier molecular flexibility index (Phi) is 3.26. The summed E-state index contributed by atoms with van der Waals surface area (Å²) in [6.45, 7) is 4.32. The number of nitrogens with one attached hydrogen (secondary N) is 1. The molecule has 0 amide bonds. The van der Waals surface area contributed by atoms with Crippen LogP contribution in [0.3, 0.4) is 0 Å². The van der Waals surface area contributed by atoms with Crippen LogP contribution in [0, 0.1) is 0 Å². The van der Waals surface area contributed by atoms with Crippen LogP contribution >= 0.6 is 0 Å². The van der Waals surface area contributed by atoms with Crippen molar-refractivity contribution < 1.29 is 4.74 Å². The predicted octanol–water partition coefficient (Wildman–Crippen LogP) is 3.57. The highest BCUT2D eigenvalue weighted by atomic mass is 16.5. The molecule has 2 aromatic carbocycles. The summed E-state index contributed by atoms with van der Waals surface area (Å²) in [5.41, 5.74) is 5.54. The number of hydrogen-bond donors (Lipinski definition) is 1. The summed E-state index contributed by atoms with van der Waals surface area (Å²) < 4.78 is 5.23. The van der Waals surface area contributed by atoms with E-state index < -0.39 is 0 Å². The van der Waals surface area contributed by atoms with E-state index in [9.17, 15) is 0 Å². The summed E-state index contributed by atoms with van der Waals surface area (Å²) in [4.78, 5) is 0. The third-order valence-electron chi connectivity index (χ3n) is 3.86. The summed E-state index contributed by atoms with van der Waals surface area (Å²) >= 11 is 0. The summed E-state index contributed by atoms with van der Waals surface area (Å²) in [6.07, 6.45) is 0. The highest BCUT2D eigenvalue weighted by Crippen LogP contribution is 2.34. The average Bonchev–Trinajstić information content (AvgIpc) is 2.47. The second-order valence-electron chi connectivity index (χ2n) is 5.14. The molecule has 0 bridgehead atoms. The molecule has 0 fully saturated rings. The van der Waals surface area contributed by atoms with Crippen molar-refractivity contribution in [2.75, 3.05) is 13.7 Å². The van der Waals surface area contributed by atoms with Gasteiger partial charge in [0.2, 0.25) is 0 Å². The van der Waals surface area contributed by atoms with Gasteiger partial charge in [0.05, 0.1) is 7.11 Å². The Morgan fingerprint density at radius 1 is 1.11 bits per heavy atom. The van der Waals surface area contributed by atoms with E-state index in [1.165, 1.54) is 22.3 Å². The molecule has 0 saturated carbocycles. The molecule has 0 aromatic heterocycles. The van der Waals surface area contributed by atoms with Crippen LogP contribution in [-0.2, 0) is 6.54 Å². The molecule has 0 saturated heterocycles. The maximum absolute atomic E-state index is 5.23. The summed E-state index contributed by atoms with van der Waals surface area (Å²) in [6, 6.07) is 14.9. The standard InChI is InChI=1S/C17H19NO/c1-12-10-18-11-14-4-3-5-16(17(12)14)13-6-8-15(19-2)9-7-13/h3-9,12,18H,10-11H2,1-2H3. The lowest BCUT2D eigenvalue weighted by molar-refractivity contribution is 0.415. The van der Waals surface area contributed by atoms with Crippen LogP contribution in [0.2, 0.25) is 0 Å². The first-order valence-electron chi connectivity index (χ1n) is 6.76. The minimum absolute atomic E-state index is 0.557. The molecule has 0 radical (unpaired) electrons. The Bertz CT molecular complexity index is 574. The summed E-state index contributed by atoms with van der Waals surface area (Å²) in [7, 11) is 1.70. The van der Waals surface area contributed by atoms with Gasteiger partial charge in [-0.3, -0.25) is 0 Å². The van der Waals surface area contributed by atoms with Gasteiger partial charge in [-0.2, -0.15) is 0 Å². The minimum atomic E-state index is 0.557. The third-order valence-corrected chi connectivity index (χ3v) is 3.86. The molecule has 1 N–H and O–H groups in total. The van der Waals surface area contributed by atoms with Crippen molar-refractivity contribution >= 4 is 0 Å². The Labute approximate surface area is 114 Å². The van der Waals surface area contributed by atoms with Crippen LogP contribution in [0.25, 0.3) is 11.1 Å². The number of methoxy groups -OCH3 is 1. The zero-order valence-corrected chi connectivity index (χ0v) is 11.4. The van der Waals surface area contributed by atoms with Gasteiger partial charge in [0, 0.05) is 13.1 Å². The zero-order valence-electron chi connectivity index (χ0n) is 11.4. The van der Waals surface area contributed by atoms with Crippen LogP contribution < -0.4 is 10.1 Å². The quantitative estimate of drug-likeness (QED) is 0.883. The molecule has 3 rings (SSSR count). The number of ether oxygens (including phenoxy) is 1. The van der Waals surface area contributed by atoms with Gasteiger partial charge in [0.1, 0.15) is 5.75 Å². The van der Waals surface area contributed by atoms with E-state index in [0.29, 0.717) is 5.92 Å². The van der Waals surface area contributed by atoms with Gasteiger partial charge in [-0.05, 0) is 40.3 Å². The SMILES string of the molecule is COc1ccc(-c2cccc3c2C(C)CNC3)cc1. The second kappa shape index (κ2) is 5.06. The molecule has 19 heavy (non-hydrogen) atoms. The smallest absolute Gasteiger partial charge is 0.118 e. The summed E-state index contributed by atoms with van der Waals surface area (Å²) in [5, 5.41) is 3.47. The van der Waals surface area contributed by atoms with E-state index in [0.717, 1.165) is 18.8 Å². The van der Waals surface area contributed by atoms with Crippen molar-refractivity contribution in [1.29, 1.82) is 0 Å². The van der Waals surface area contributed by atoms with E-state index in [2.05, 4.69) is 42.6 Å². The Morgan fingerprint density at radius 2 is 1.89 bits per heavy atom. The van der Waals surface area contributed by atoms with Gasteiger partial charge in [-0.15, -0.1) is 0 Å². The van der Waals surface area contributed by atoms with Gasteiger partial charge in [0.15, 0.2) is 0 Å². The summed E-state index contributed by atoms with van der Waals surface area (Å²) in [5.74, 6) is 1.46. The van der Waals surface area contributed by atoms with Gasteiger partial charge >= 0.3 is 0 Å². The first-order valence-corrected chi connectivity index (χ1v) is 6.76. The van der Waals surface area contributed by atoms with Crippen molar-refractivity contribution in [3.05, 3.63) is 53.6 Å². The lowest BCUT2D eigenvalue weighted by atomic mass is 9.85. The van der Waals surface area contributed by atoms with E-state index in [1.807, 2.05) is 12.1 Å². The van der Waals surface area contributed by atoms with Crippen LogP contribution in [0.1, 0.15) is 24.0 Å². The molecule has 1 aliphatic rings. The van der Waals surface area contributed by atoms with Crippen molar-refractivity contribution in [2.45, 2.75) is 19.4 Å². The zero-order chi connectivity index (χ0) is 13.2. The van der Waals surface area contributed by atoms with Crippen LogP contribution in [0.4, 0.5) is 0 Å². The number of hydrogen-bond acceptors (Lipinski definition) is 2. The molecule has 1 atom stereocenters. The fourth-order valence-corrected chi connectivity index (χ4v) is 2.90. The average molecular weight is 253 g/mol. The normalized spacial score (nSPS) is 17.9. The molecule has 2 heteroatoms. The van der Waals surface area contributed by atoms with E-state index >= 15 is 0 Å². The maximum Gasteiger partial charge on any atom is 0.118 e. The van der Waals surface area contributed by atoms with Crippen molar-refractivity contribution in [3.8, 4) is 16.9 Å². The molecular weight excluding hydrogens is 234 g/mol. The van der Waals surface area contributed by atoms with Crippen LogP contribution in [0.5, 0.6) is 5.75 Å². The topological polar surface area (TPSA) is 21.3 Å². The first-order chi connectivity index (χ1) is 9.29. The lowest BCUT2D eigenvalue weighted by Crippen LogP contribution is -2.27. The molecule has 2 aromatic rings. The Morgan fingerprint density at radius 3 is 2.63 bits per heavy atom. The van der Waals surface area contributed by atoms with Crippen LogP contribution in [-0.4, -0.2) is 13.7 Å². The van der Waals surface area contributed by atoms with Crippen molar-refractivity contribution in [1.82, 2.24) is 5.32 Å². The third kappa shape index (κ3) is 2.24. The fraction of sp³-hybridized carbons (Fsp3) is 0.294. The maximum atomic E-state index is 5.23. The Balaban J connectivity index is 2.09. The van der Waals surface area contributed by atoms with E-state index in [-0.39, 0.29) is 0 Å². The molecule has 0 spiro atoms.